The molecular weight excluding hydrogens is 365 g/mol. The second kappa shape index (κ2) is 8.21. The smallest absolute Gasteiger partial charge is 0.234 e. The third kappa shape index (κ3) is 4.42. The van der Waals surface area contributed by atoms with E-state index in [4.69, 9.17) is 23.2 Å². The molecule has 0 bridgehead atoms. The van der Waals surface area contributed by atoms with Gasteiger partial charge in [-0.1, -0.05) is 35.3 Å². The number of anilines is 1. The largest absolute Gasteiger partial charge is 0.368 e. The molecule has 128 valence electrons. The summed E-state index contributed by atoms with van der Waals surface area (Å²) in [6.07, 6.45) is 0. The average Bonchev–Trinajstić information content (AvgIpc) is 3.10. The van der Waals surface area contributed by atoms with Crippen LogP contribution in [-0.2, 0) is 11.3 Å². The highest BCUT2D eigenvalue weighted by Crippen LogP contribution is 2.32. The molecule has 2 aromatic rings. The molecule has 24 heavy (non-hydrogen) atoms. The van der Waals surface area contributed by atoms with Crippen molar-refractivity contribution in [3.63, 3.8) is 0 Å². The second-order valence-electron chi connectivity index (χ2n) is 5.69. The van der Waals surface area contributed by atoms with Crippen LogP contribution in [-0.4, -0.2) is 43.5 Å². The van der Waals surface area contributed by atoms with E-state index >= 15 is 0 Å². The highest BCUT2D eigenvalue weighted by molar-refractivity contribution is 7.09. The molecule has 1 aromatic heterocycles. The van der Waals surface area contributed by atoms with Crippen LogP contribution in [0.1, 0.15) is 4.88 Å². The van der Waals surface area contributed by atoms with Crippen molar-refractivity contribution in [2.45, 2.75) is 6.54 Å². The van der Waals surface area contributed by atoms with Crippen LogP contribution >= 0.6 is 34.5 Å². The topological polar surface area (TPSA) is 35.6 Å². The van der Waals surface area contributed by atoms with Gasteiger partial charge in [0.25, 0.3) is 0 Å². The standard InChI is InChI=1S/C17H19Cl2N3OS/c18-14-4-1-5-15(17(14)19)22-8-6-21(7-9-22)12-16(23)20-11-13-3-2-10-24-13/h1-5,10H,6-9,11-12H2,(H,20,23). The molecule has 0 unspecified atom stereocenters. The summed E-state index contributed by atoms with van der Waals surface area (Å²) in [4.78, 5) is 17.6. The Morgan fingerprint density at radius 3 is 2.62 bits per heavy atom. The first kappa shape index (κ1) is 17.5. The molecule has 1 N–H and O–H groups in total. The van der Waals surface area contributed by atoms with Gasteiger partial charge in [-0.15, -0.1) is 11.3 Å². The van der Waals surface area contributed by atoms with E-state index in [0.29, 0.717) is 23.1 Å². The first-order chi connectivity index (χ1) is 11.6. The molecule has 1 amide bonds. The maximum absolute atomic E-state index is 12.1. The zero-order valence-electron chi connectivity index (χ0n) is 13.2. The van der Waals surface area contributed by atoms with Gasteiger partial charge in [0.1, 0.15) is 0 Å². The molecule has 1 aromatic carbocycles. The molecule has 1 aliphatic rings. The van der Waals surface area contributed by atoms with Crippen molar-refractivity contribution in [3.8, 4) is 0 Å². The molecule has 0 radical (unpaired) electrons. The lowest BCUT2D eigenvalue weighted by molar-refractivity contribution is -0.122. The monoisotopic (exact) mass is 383 g/mol. The summed E-state index contributed by atoms with van der Waals surface area (Å²) < 4.78 is 0. The Bertz CT molecular complexity index is 685. The highest BCUT2D eigenvalue weighted by atomic mass is 35.5. The van der Waals surface area contributed by atoms with Gasteiger partial charge < -0.3 is 10.2 Å². The number of piperazine rings is 1. The third-order valence-corrected chi connectivity index (χ3v) is 5.74. The minimum Gasteiger partial charge on any atom is -0.368 e. The van der Waals surface area contributed by atoms with E-state index in [1.807, 2.05) is 29.6 Å². The predicted molar refractivity (Wildman–Crippen MR) is 101 cm³/mol. The Morgan fingerprint density at radius 2 is 1.92 bits per heavy atom. The van der Waals surface area contributed by atoms with Gasteiger partial charge in [0.15, 0.2) is 0 Å². The number of benzene rings is 1. The van der Waals surface area contributed by atoms with Crippen LogP contribution in [0.25, 0.3) is 0 Å². The van der Waals surface area contributed by atoms with Gasteiger partial charge in [-0.3, -0.25) is 9.69 Å². The molecule has 1 fully saturated rings. The van der Waals surface area contributed by atoms with Gasteiger partial charge >= 0.3 is 0 Å². The van der Waals surface area contributed by atoms with E-state index in [2.05, 4.69) is 15.1 Å². The van der Waals surface area contributed by atoms with Gasteiger partial charge in [0, 0.05) is 31.1 Å². The lowest BCUT2D eigenvalue weighted by Crippen LogP contribution is -2.49. The number of hydrogen-bond donors (Lipinski definition) is 1. The number of hydrogen-bond acceptors (Lipinski definition) is 4. The van der Waals surface area contributed by atoms with Crippen LogP contribution in [0.5, 0.6) is 0 Å². The number of halogens is 2. The SMILES string of the molecule is O=C(CN1CCN(c2cccc(Cl)c2Cl)CC1)NCc1cccs1. The van der Waals surface area contributed by atoms with Crippen LogP contribution in [0.3, 0.4) is 0 Å². The van der Waals surface area contributed by atoms with E-state index in [0.717, 1.165) is 31.9 Å². The van der Waals surface area contributed by atoms with Crippen LogP contribution in [0.15, 0.2) is 35.7 Å². The van der Waals surface area contributed by atoms with Crippen LogP contribution < -0.4 is 10.2 Å². The summed E-state index contributed by atoms with van der Waals surface area (Å²) in [5.41, 5.74) is 0.964. The molecule has 7 heteroatoms. The molecule has 0 spiro atoms. The highest BCUT2D eigenvalue weighted by Gasteiger charge is 2.21. The van der Waals surface area contributed by atoms with Crippen molar-refractivity contribution < 1.29 is 4.79 Å². The summed E-state index contributed by atoms with van der Waals surface area (Å²) in [5.74, 6) is 0.0673. The predicted octanol–water partition coefficient (Wildman–Crippen LogP) is 3.49. The number of carbonyl (C=O) groups excluding carboxylic acids is 1. The van der Waals surface area contributed by atoms with Crippen molar-refractivity contribution in [3.05, 3.63) is 50.6 Å². The van der Waals surface area contributed by atoms with Gasteiger partial charge in [0.2, 0.25) is 5.91 Å². The molecule has 2 heterocycles. The van der Waals surface area contributed by atoms with Gasteiger partial charge in [-0.05, 0) is 23.6 Å². The summed E-state index contributed by atoms with van der Waals surface area (Å²) in [7, 11) is 0. The van der Waals surface area contributed by atoms with E-state index in [9.17, 15) is 4.79 Å². The minimum atomic E-state index is 0.0673. The Morgan fingerprint density at radius 1 is 1.12 bits per heavy atom. The summed E-state index contributed by atoms with van der Waals surface area (Å²) >= 11 is 14.0. The first-order valence-electron chi connectivity index (χ1n) is 7.84. The van der Waals surface area contributed by atoms with Crippen molar-refractivity contribution in [2.75, 3.05) is 37.6 Å². The maximum Gasteiger partial charge on any atom is 0.234 e. The molecule has 0 saturated carbocycles. The molecule has 1 saturated heterocycles. The lowest BCUT2D eigenvalue weighted by atomic mass is 10.2. The van der Waals surface area contributed by atoms with E-state index in [-0.39, 0.29) is 5.91 Å². The second-order valence-corrected chi connectivity index (χ2v) is 7.51. The van der Waals surface area contributed by atoms with Gasteiger partial charge in [-0.25, -0.2) is 0 Å². The fourth-order valence-corrected chi connectivity index (χ4v) is 3.80. The Labute approximate surface area is 156 Å². The summed E-state index contributed by atoms with van der Waals surface area (Å²) in [6, 6.07) is 9.71. The Hall–Kier alpha value is -1.27. The van der Waals surface area contributed by atoms with Gasteiger partial charge in [-0.2, -0.15) is 0 Å². The normalized spacial score (nSPS) is 15.5. The fourth-order valence-electron chi connectivity index (χ4n) is 2.74. The van der Waals surface area contributed by atoms with E-state index < -0.39 is 0 Å². The Balaban J connectivity index is 1.46. The molecule has 0 aliphatic carbocycles. The van der Waals surface area contributed by atoms with Crippen LogP contribution in [0, 0.1) is 0 Å². The molecule has 3 rings (SSSR count). The summed E-state index contributed by atoms with van der Waals surface area (Å²) in [6.45, 7) is 4.36. The van der Waals surface area contributed by atoms with Crippen molar-refractivity contribution in [2.24, 2.45) is 0 Å². The van der Waals surface area contributed by atoms with E-state index in [1.165, 1.54) is 4.88 Å². The molecule has 1 aliphatic heterocycles. The number of thiophene rings is 1. The van der Waals surface area contributed by atoms with Crippen LogP contribution in [0.2, 0.25) is 10.0 Å². The minimum absolute atomic E-state index is 0.0673. The molecular formula is C17H19Cl2N3OS. The number of nitrogens with one attached hydrogen (secondary N) is 1. The summed E-state index contributed by atoms with van der Waals surface area (Å²) in [5, 5.41) is 6.16. The van der Waals surface area contributed by atoms with Crippen LogP contribution in [0.4, 0.5) is 5.69 Å². The molecule has 4 nitrogen and oxygen atoms in total. The Kier molecular flexibility index (Phi) is 6.00. The fraction of sp³-hybridized carbons (Fsp3) is 0.353. The maximum atomic E-state index is 12.1. The number of amides is 1. The lowest BCUT2D eigenvalue weighted by Gasteiger charge is -2.36. The van der Waals surface area contributed by atoms with Crippen molar-refractivity contribution in [1.29, 1.82) is 0 Å². The van der Waals surface area contributed by atoms with Crippen molar-refractivity contribution >= 4 is 46.1 Å². The molecule has 0 atom stereocenters. The number of carbonyl (C=O) groups is 1. The third-order valence-electron chi connectivity index (χ3n) is 4.05. The van der Waals surface area contributed by atoms with Gasteiger partial charge in [0.05, 0.1) is 28.8 Å². The zero-order chi connectivity index (χ0) is 16.9. The number of nitrogens with zero attached hydrogens (tertiary/aromatic N) is 2. The average molecular weight is 384 g/mol. The quantitative estimate of drug-likeness (QED) is 0.857. The first-order valence-corrected chi connectivity index (χ1v) is 9.47. The zero-order valence-corrected chi connectivity index (χ0v) is 15.5. The van der Waals surface area contributed by atoms with Crippen molar-refractivity contribution in [1.82, 2.24) is 10.2 Å². The number of rotatable bonds is 5. The van der Waals surface area contributed by atoms with E-state index in [1.54, 1.807) is 17.4 Å².